The van der Waals surface area contributed by atoms with Crippen molar-refractivity contribution in [2.45, 2.75) is 26.4 Å². The van der Waals surface area contributed by atoms with Crippen molar-refractivity contribution in [3.63, 3.8) is 0 Å². The molecule has 3 heteroatoms. The van der Waals surface area contributed by atoms with E-state index in [4.69, 9.17) is 9.47 Å². The summed E-state index contributed by atoms with van der Waals surface area (Å²) in [4.78, 5) is 0. The molecule has 0 saturated heterocycles. The van der Waals surface area contributed by atoms with Crippen molar-refractivity contribution in [2.75, 3.05) is 6.79 Å². The molecule has 1 aliphatic heterocycles. The quantitative estimate of drug-likeness (QED) is 0.829. The van der Waals surface area contributed by atoms with Crippen molar-refractivity contribution in [1.82, 2.24) is 0 Å². The molecule has 1 aromatic carbocycles. The van der Waals surface area contributed by atoms with Gasteiger partial charge >= 0.3 is 0 Å². The highest BCUT2D eigenvalue weighted by molar-refractivity contribution is 5.45. The molecule has 1 aliphatic rings. The summed E-state index contributed by atoms with van der Waals surface area (Å²) in [5.74, 6) is 1.97. The molecule has 0 saturated carbocycles. The third-order valence-electron chi connectivity index (χ3n) is 2.48. The molecule has 3 nitrogen and oxygen atoms in total. The Morgan fingerprint density at radius 2 is 2.00 bits per heavy atom. The van der Waals surface area contributed by atoms with Crippen LogP contribution in [0.15, 0.2) is 18.2 Å². The molecular weight excluding hydrogens is 192 g/mol. The average Bonchev–Trinajstić information content (AvgIpc) is 2.62. The molecular formula is C12H16O3. The maximum absolute atomic E-state index is 9.93. The molecule has 15 heavy (non-hydrogen) atoms. The minimum absolute atomic E-state index is 0.277. The summed E-state index contributed by atoms with van der Waals surface area (Å²) in [5, 5.41) is 9.93. The number of hydrogen-bond acceptors (Lipinski definition) is 3. The smallest absolute Gasteiger partial charge is 0.231 e. The van der Waals surface area contributed by atoms with Gasteiger partial charge in [-0.3, -0.25) is 0 Å². The lowest BCUT2D eigenvalue weighted by molar-refractivity contribution is 0.150. The summed E-state index contributed by atoms with van der Waals surface area (Å²) in [6.07, 6.45) is 0.346. The van der Waals surface area contributed by atoms with Gasteiger partial charge in [-0.05, 0) is 30.0 Å². The van der Waals surface area contributed by atoms with Crippen LogP contribution in [-0.4, -0.2) is 11.9 Å². The van der Waals surface area contributed by atoms with Crippen molar-refractivity contribution in [2.24, 2.45) is 5.92 Å². The van der Waals surface area contributed by atoms with Crippen molar-refractivity contribution in [3.05, 3.63) is 23.8 Å². The molecule has 82 valence electrons. The first-order valence-corrected chi connectivity index (χ1v) is 5.24. The summed E-state index contributed by atoms with van der Waals surface area (Å²) in [7, 11) is 0. The van der Waals surface area contributed by atoms with Gasteiger partial charge in [0.2, 0.25) is 6.79 Å². The van der Waals surface area contributed by atoms with Crippen LogP contribution in [0.3, 0.4) is 0 Å². The van der Waals surface area contributed by atoms with E-state index in [0.717, 1.165) is 23.5 Å². The van der Waals surface area contributed by atoms with Gasteiger partial charge in [0, 0.05) is 0 Å². The highest BCUT2D eigenvalue weighted by Gasteiger charge is 2.16. The van der Waals surface area contributed by atoms with Gasteiger partial charge in [0.1, 0.15) is 0 Å². The molecule has 0 aliphatic carbocycles. The Labute approximate surface area is 89.6 Å². The molecule has 0 spiro atoms. The van der Waals surface area contributed by atoms with E-state index in [2.05, 4.69) is 13.8 Å². The number of ether oxygens (including phenoxy) is 2. The zero-order valence-electron chi connectivity index (χ0n) is 9.06. The van der Waals surface area contributed by atoms with Gasteiger partial charge in [-0.2, -0.15) is 0 Å². The second kappa shape index (κ2) is 4.11. The predicted octanol–water partition coefficient (Wildman–Crippen LogP) is 2.49. The van der Waals surface area contributed by atoms with Gasteiger partial charge in [-0.15, -0.1) is 0 Å². The lowest BCUT2D eigenvalue weighted by Gasteiger charge is -2.13. The Morgan fingerprint density at radius 1 is 1.27 bits per heavy atom. The largest absolute Gasteiger partial charge is 0.454 e. The summed E-state index contributed by atoms with van der Waals surface area (Å²) >= 11 is 0. The Bertz CT molecular complexity index is 347. The van der Waals surface area contributed by atoms with Gasteiger partial charge in [-0.25, -0.2) is 0 Å². The summed E-state index contributed by atoms with van der Waals surface area (Å²) in [6, 6.07) is 5.59. The molecule has 2 rings (SSSR count). The van der Waals surface area contributed by atoms with E-state index in [1.807, 2.05) is 18.2 Å². The van der Waals surface area contributed by atoms with Gasteiger partial charge in [0.05, 0.1) is 6.10 Å². The maximum atomic E-state index is 9.93. The molecule has 1 heterocycles. The zero-order chi connectivity index (χ0) is 10.8. The molecule has 0 fully saturated rings. The standard InChI is InChI=1S/C12H16O3/c1-8(2)5-10(13)9-3-4-11-12(6-9)15-7-14-11/h3-4,6,8,10,13H,5,7H2,1-2H3. The average molecular weight is 208 g/mol. The monoisotopic (exact) mass is 208 g/mol. The molecule has 0 amide bonds. The first-order chi connectivity index (χ1) is 7.16. The lowest BCUT2D eigenvalue weighted by Crippen LogP contribution is -2.01. The second-order valence-corrected chi connectivity index (χ2v) is 4.26. The van der Waals surface area contributed by atoms with E-state index >= 15 is 0 Å². The van der Waals surface area contributed by atoms with Crippen LogP contribution in [0, 0.1) is 5.92 Å². The number of aliphatic hydroxyl groups is 1. The first-order valence-electron chi connectivity index (χ1n) is 5.24. The van der Waals surface area contributed by atoms with Crippen LogP contribution >= 0.6 is 0 Å². The molecule has 1 aromatic rings. The minimum atomic E-state index is -0.417. The molecule has 0 radical (unpaired) electrons. The normalized spacial score (nSPS) is 15.7. The summed E-state index contributed by atoms with van der Waals surface area (Å²) < 4.78 is 10.5. The number of aliphatic hydroxyl groups excluding tert-OH is 1. The Balaban J connectivity index is 2.15. The topological polar surface area (TPSA) is 38.7 Å². The van der Waals surface area contributed by atoms with Gasteiger partial charge < -0.3 is 14.6 Å². The Morgan fingerprint density at radius 3 is 2.73 bits per heavy atom. The SMILES string of the molecule is CC(C)CC(O)c1ccc2c(c1)OCO2. The maximum Gasteiger partial charge on any atom is 0.231 e. The van der Waals surface area contributed by atoms with E-state index in [1.165, 1.54) is 0 Å². The van der Waals surface area contributed by atoms with Crippen molar-refractivity contribution in [3.8, 4) is 11.5 Å². The molecule has 0 aromatic heterocycles. The fourth-order valence-corrected chi connectivity index (χ4v) is 1.70. The van der Waals surface area contributed by atoms with E-state index in [-0.39, 0.29) is 6.79 Å². The highest BCUT2D eigenvalue weighted by Crippen LogP contribution is 2.35. The van der Waals surface area contributed by atoms with Crippen molar-refractivity contribution >= 4 is 0 Å². The molecule has 1 unspecified atom stereocenters. The second-order valence-electron chi connectivity index (χ2n) is 4.26. The fourth-order valence-electron chi connectivity index (χ4n) is 1.70. The van der Waals surface area contributed by atoms with Gasteiger partial charge in [0.25, 0.3) is 0 Å². The van der Waals surface area contributed by atoms with Crippen LogP contribution in [0.4, 0.5) is 0 Å². The molecule has 1 N–H and O–H groups in total. The van der Waals surface area contributed by atoms with Crippen LogP contribution in [0.25, 0.3) is 0 Å². The Hall–Kier alpha value is -1.22. The van der Waals surface area contributed by atoms with Gasteiger partial charge in [-0.1, -0.05) is 19.9 Å². The van der Waals surface area contributed by atoms with Crippen LogP contribution in [-0.2, 0) is 0 Å². The van der Waals surface area contributed by atoms with Crippen molar-refractivity contribution < 1.29 is 14.6 Å². The number of fused-ring (bicyclic) bond motifs is 1. The number of benzene rings is 1. The summed E-state index contributed by atoms with van der Waals surface area (Å²) in [6.45, 7) is 4.46. The first kappa shape index (κ1) is 10.3. The minimum Gasteiger partial charge on any atom is -0.454 e. The van der Waals surface area contributed by atoms with Gasteiger partial charge in [0.15, 0.2) is 11.5 Å². The number of rotatable bonds is 3. The third-order valence-corrected chi connectivity index (χ3v) is 2.48. The highest BCUT2D eigenvalue weighted by atomic mass is 16.7. The van der Waals surface area contributed by atoms with Crippen LogP contribution in [0.5, 0.6) is 11.5 Å². The van der Waals surface area contributed by atoms with E-state index in [0.29, 0.717) is 5.92 Å². The van der Waals surface area contributed by atoms with E-state index in [9.17, 15) is 5.11 Å². The lowest BCUT2D eigenvalue weighted by atomic mass is 9.99. The zero-order valence-corrected chi connectivity index (χ0v) is 9.06. The van der Waals surface area contributed by atoms with Crippen LogP contribution < -0.4 is 9.47 Å². The molecule has 1 atom stereocenters. The predicted molar refractivity (Wildman–Crippen MR) is 57.0 cm³/mol. The van der Waals surface area contributed by atoms with Crippen LogP contribution in [0.1, 0.15) is 31.9 Å². The molecule has 0 bridgehead atoms. The van der Waals surface area contributed by atoms with E-state index in [1.54, 1.807) is 0 Å². The fraction of sp³-hybridized carbons (Fsp3) is 0.500. The summed E-state index contributed by atoms with van der Waals surface area (Å²) in [5.41, 5.74) is 0.896. The Kier molecular flexibility index (Phi) is 2.82. The number of hydrogen-bond donors (Lipinski definition) is 1. The third kappa shape index (κ3) is 2.23. The van der Waals surface area contributed by atoms with Crippen LogP contribution in [0.2, 0.25) is 0 Å². The van der Waals surface area contributed by atoms with E-state index < -0.39 is 6.10 Å². The van der Waals surface area contributed by atoms with Crippen molar-refractivity contribution in [1.29, 1.82) is 0 Å².